The first-order valence-corrected chi connectivity index (χ1v) is 11.7. The molecule has 30 heavy (non-hydrogen) atoms. The molecule has 160 valence electrons. The molecule has 1 heterocycles. The molecule has 7 nitrogen and oxygen atoms in total. The Morgan fingerprint density at radius 3 is 2.60 bits per heavy atom. The van der Waals surface area contributed by atoms with Crippen LogP contribution in [0.1, 0.15) is 70.5 Å². The molecule has 4 rings (SSSR count). The highest BCUT2D eigenvalue weighted by Crippen LogP contribution is 2.41. The van der Waals surface area contributed by atoms with Crippen molar-refractivity contribution in [3.05, 3.63) is 30.1 Å². The molecule has 1 unspecified atom stereocenters. The first-order valence-electron chi connectivity index (χ1n) is 10.8. The summed E-state index contributed by atoms with van der Waals surface area (Å²) in [6.07, 6.45) is 7.99. The molecular weight excluding hydrogens is 398 g/mol. The zero-order chi connectivity index (χ0) is 21.1. The molecule has 0 aliphatic heterocycles. The minimum Gasteiger partial charge on any atom is -0.352 e. The van der Waals surface area contributed by atoms with E-state index in [1.165, 1.54) is 37.9 Å². The Hall–Kier alpha value is -2.35. The largest absolute Gasteiger partial charge is 0.352 e. The van der Waals surface area contributed by atoms with Crippen LogP contribution in [0.4, 0.5) is 5.69 Å². The van der Waals surface area contributed by atoms with E-state index in [1.807, 2.05) is 35.8 Å². The fourth-order valence-corrected chi connectivity index (χ4v) is 4.79. The number of benzene rings is 1. The molecule has 0 bridgehead atoms. The third-order valence-electron chi connectivity index (χ3n) is 5.63. The minimum atomic E-state index is -0.263. The average Bonchev–Trinajstić information content (AvgIpc) is 3.49. The third-order valence-corrected chi connectivity index (χ3v) is 6.67. The van der Waals surface area contributed by atoms with Gasteiger partial charge in [-0.25, -0.2) is 0 Å². The van der Waals surface area contributed by atoms with E-state index in [0.717, 1.165) is 42.9 Å². The molecule has 8 heteroatoms. The van der Waals surface area contributed by atoms with Crippen molar-refractivity contribution >= 4 is 29.3 Å². The zero-order valence-electron chi connectivity index (χ0n) is 17.6. The molecule has 2 aliphatic carbocycles. The minimum absolute atomic E-state index is 0.0569. The van der Waals surface area contributed by atoms with Crippen molar-refractivity contribution in [3.63, 3.8) is 0 Å². The Bertz CT molecular complexity index is 918. The molecule has 2 saturated carbocycles. The van der Waals surface area contributed by atoms with Crippen molar-refractivity contribution < 1.29 is 9.59 Å². The first kappa shape index (κ1) is 20.9. The maximum atomic E-state index is 12.8. The lowest BCUT2D eigenvalue weighted by molar-refractivity contribution is -0.121. The van der Waals surface area contributed by atoms with Crippen LogP contribution in [0.3, 0.4) is 0 Å². The molecular formula is C22H29N5O2S. The topological polar surface area (TPSA) is 88.9 Å². The fourth-order valence-electron chi connectivity index (χ4n) is 3.91. The van der Waals surface area contributed by atoms with Crippen LogP contribution in [0.15, 0.2) is 29.4 Å². The lowest BCUT2D eigenvalue weighted by atomic mass is 9.95. The van der Waals surface area contributed by atoms with Crippen LogP contribution in [0.2, 0.25) is 0 Å². The summed E-state index contributed by atoms with van der Waals surface area (Å²) in [4.78, 5) is 24.2. The molecule has 2 N–H and O–H groups in total. The van der Waals surface area contributed by atoms with Gasteiger partial charge >= 0.3 is 0 Å². The van der Waals surface area contributed by atoms with Crippen LogP contribution < -0.4 is 10.6 Å². The number of amides is 2. The second-order valence-electron chi connectivity index (χ2n) is 8.29. The third kappa shape index (κ3) is 5.03. The van der Waals surface area contributed by atoms with Gasteiger partial charge in [0.05, 0.1) is 10.9 Å². The highest BCUT2D eigenvalue weighted by atomic mass is 32.2. The van der Waals surface area contributed by atoms with Gasteiger partial charge < -0.3 is 10.6 Å². The van der Waals surface area contributed by atoms with Gasteiger partial charge in [-0.3, -0.25) is 14.2 Å². The summed E-state index contributed by atoms with van der Waals surface area (Å²) < 4.78 is 2.04. The summed E-state index contributed by atoms with van der Waals surface area (Å²) in [6, 6.07) is 7.97. The van der Waals surface area contributed by atoms with E-state index in [-0.39, 0.29) is 17.1 Å². The van der Waals surface area contributed by atoms with Gasteiger partial charge in [-0.05, 0) is 50.8 Å². The van der Waals surface area contributed by atoms with Crippen molar-refractivity contribution in [3.8, 4) is 5.69 Å². The average molecular weight is 428 g/mol. The number of carbonyl (C=O) groups is 2. The summed E-state index contributed by atoms with van der Waals surface area (Å²) >= 11 is 1.44. The van der Waals surface area contributed by atoms with E-state index in [4.69, 9.17) is 0 Å². The molecule has 1 aromatic heterocycles. The Morgan fingerprint density at radius 1 is 1.13 bits per heavy atom. The quantitative estimate of drug-likeness (QED) is 0.651. The standard InChI is InChI=1S/C22H29N5O2S/c1-14(21(29)24-17-7-4-3-5-8-17)30-22-26-25-20(16-11-12-16)27(22)19-10-6-9-18(13-19)23-15(2)28/h6,9-10,13-14,16-17H,3-5,7-8,11-12H2,1-2H3,(H,23,28)(H,24,29). The van der Waals surface area contributed by atoms with Gasteiger partial charge in [0.15, 0.2) is 5.16 Å². The van der Waals surface area contributed by atoms with Gasteiger partial charge in [0, 0.05) is 24.6 Å². The number of aromatic nitrogens is 3. The number of nitrogens with one attached hydrogen (secondary N) is 2. The molecule has 1 atom stereocenters. The van der Waals surface area contributed by atoms with E-state index in [1.54, 1.807) is 0 Å². The van der Waals surface area contributed by atoms with Crippen LogP contribution in [-0.4, -0.2) is 37.9 Å². The number of thioether (sulfide) groups is 1. The predicted octanol–water partition coefficient (Wildman–Crippen LogP) is 4.03. The Kier molecular flexibility index (Phi) is 6.41. The van der Waals surface area contributed by atoms with Crippen LogP contribution in [0.25, 0.3) is 5.69 Å². The van der Waals surface area contributed by atoms with Gasteiger partial charge in [-0.1, -0.05) is 37.1 Å². The SMILES string of the molecule is CC(=O)Nc1cccc(-n2c(SC(C)C(=O)NC3CCCCC3)nnc2C2CC2)c1. The van der Waals surface area contributed by atoms with Crippen molar-refractivity contribution in [1.82, 2.24) is 20.1 Å². The van der Waals surface area contributed by atoms with Crippen molar-refractivity contribution in [2.75, 3.05) is 5.32 Å². The van der Waals surface area contributed by atoms with Crippen LogP contribution in [0.5, 0.6) is 0 Å². The van der Waals surface area contributed by atoms with Gasteiger partial charge in [0.1, 0.15) is 5.82 Å². The lowest BCUT2D eigenvalue weighted by Crippen LogP contribution is -2.40. The second-order valence-corrected chi connectivity index (χ2v) is 9.59. The van der Waals surface area contributed by atoms with Gasteiger partial charge in [-0.15, -0.1) is 10.2 Å². The fraction of sp³-hybridized carbons (Fsp3) is 0.545. The summed E-state index contributed by atoms with van der Waals surface area (Å²) in [5, 5.41) is 15.4. The second kappa shape index (κ2) is 9.20. The summed E-state index contributed by atoms with van der Waals surface area (Å²) in [5.41, 5.74) is 1.63. The normalized spacial score (nSPS) is 18.1. The molecule has 2 aliphatic rings. The van der Waals surface area contributed by atoms with Gasteiger partial charge in [-0.2, -0.15) is 0 Å². The van der Waals surface area contributed by atoms with Crippen molar-refractivity contribution in [1.29, 1.82) is 0 Å². The first-order chi connectivity index (χ1) is 14.5. The molecule has 1 aromatic carbocycles. The maximum Gasteiger partial charge on any atom is 0.233 e. The predicted molar refractivity (Wildman–Crippen MR) is 118 cm³/mol. The smallest absolute Gasteiger partial charge is 0.233 e. The van der Waals surface area contributed by atoms with E-state index in [2.05, 4.69) is 20.8 Å². The Morgan fingerprint density at radius 2 is 1.90 bits per heavy atom. The van der Waals surface area contributed by atoms with E-state index >= 15 is 0 Å². The van der Waals surface area contributed by atoms with E-state index in [0.29, 0.717) is 17.1 Å². The van der Waals surface area contributed by atoms with Crippen LogP contribution in [-0.2, 0) is 9.59 Å². The van der Waals surface area contributed by atoms with E-state index in [9.17, 15) is 9.59 Å². The highest BCUT2D eigenvalue weighted by molar-refractivity contribution is 8.00. The molecule has 0 radical (unpaired) electrons. The van der Waals surface area contributed by atoms with Crippen molar-refractivity contribution in [2.24, 2.45) is 0 Å². The molecule has 2 amide bonds. The monoisotopic (exact) mass is 427 g/mol. The molecule has 0 spiro atoms. The maximum absolute atomic E-state index is 12.8. The number of hydrogen-bond donors (Lipinski definition) is 2. The van der Waals surface area contributed by atoms with E-state index < -0.39 is 0 Å². The highest BCUT2D eigenvalue weighted by Gasteiger charge is 2.32. The lowest BCUT2D eigenvalue weighted by Gasteiger charge is -2.24. The number of carbonyl (C=O) groups excluding carboxylic acids is 2. The van der Waals surface area contributed by atoms with Gasteiger partial charge in [0.2, 0.25) is 11.8 Å². The zero-order valence-corrected chi connectivity index (χ0v) is 18.4. The molecule has 0 saturated heterocycles. The summed E-state index contributed by atoms with van der Waals surface area (Å²) in [7, 11) is 0. The molecule has 2 aromatic rings. The van der Waals surface area contributed by atoms with Gasteiger partial charge in [0.25, 0.3) is 0 Å². The number of rotatable bonds is 7. The Labute approximate surface area is 181 Å². The summed E-state index contributed by atoms with van der Waals surface area (Å²) in [6.45, 7) is 3.42. The summed E-state index contributed by atoms with van der Waals surface area (Å²) in [5.74, 6) is 1.28. The molecule has 2 fully saturated rings. The van der Waals surface area contributed by atoms with Crippen LogP contribution >= 0.6 is 11.8 Å². The number of nitrogens with zero attached hydrogens (tertiary/aromatic N) is 3. The van der Waals surface area contributed by atoms with Crippen LogP contribution in [0, 0.1) is 0 Å². The number of hydrogen-bond acceptors (Lipinski definition) is 5. The van der Waals surface area contributed by atoms with Crippen molar-refractivity contribution in [2.45, 2.75) is 81.2 Å². The number of anilines is 1. The Balaban J connectivity index is 1.54.